The number of ether oxygens (including phenoxy) is 1. The Hall–Kier alpha value is -0.751. The average molecular weight is 476 g/mol. The fraction of sp³-hybridized carbons (Fsp3) is 0.812. The molecule has 26 heavy (non-hydrogen) atoms. The number of hydrogen-bond acceptors (Lipinski definition) is 7. The summed E-state index contributed by atoms with van der Waals surface area (Å²) < 4.78 is 21.8. The topological polar surface area (TPSA) is 116 Å². The molecule has 3 heterocycles. The Morgan fingerprint density at radius 3 is 2.42 bits per heavy atom. The van der Waals surface area contributed by atoms with E-state index < -0.39 is 55.0 Å². The summed E-state index contributed by atoms with van der Waals surface area (Å²) >= 11 is -3.31. The second-order valence-electron chi connectivity index (χ2n) is 6.91. The summed E-state index contributed by atoms with van der Waals surface area (Å²) in [6.07, 6.45) is 3.02. The summed E-state index contributed by atoms with van der Waals surface area (Å²) in [5.41, 5.74) is -1.22. The molecular weight excluding hydrogens is 449 g/mol. The van der Waals surface area contributed by atoms with Crippen LogP contribution in [0.3, 0.4) is 0 Å². The van der Waals surface area contributed by atoms with Crippen molar-refractivity contribution in [1.29, 1.82) is 0 Å². The predicted octanol–water partition coefficient (Wildman–Crippen LogP) is 0.648. The van der Waals surface area contributed by atoms with E-state index in [0.717, 1.165) is 45.4 Å². The average Bonchev–Trinajstić information content (AvgIpc) is 3.14. The van der Waals surface area contributed by atoms with Crippen molar-refractivity contribution in [3.8, 4) is 0 Å². The second-order valence-corrected chi connectivity index (χ2v) is 16.3. The molecule has 3 rings (SSSR count). The Morgan fingerprint density at radius 1 is 1.19 bits per heavy atom. The molecule has 4 atom stereocenters. The minimum absolute atomic E-state index is 0.220. The van der Waals surface area contributed by atoms with E-state index in [2.05, 4.69) is 23.9 Å². The Kier molecular flexibility index (Phi) is 6.54. The minimum atomic E-state index is -3.31. The van der Waals surface area contributed by atoms with Crippen LogP contribution < -0.4 is 11.2 Å². The van der Waals surface area contributed by atoms with Gasteiger partial charge in [0, 0.05) is 0 Å². The molecule has 0 spiro atoms. The molecule has 10 heteroatoms. The summed E-state index contributed by atoms with van der Waals surface area (Å²) in [7, 11) is 0. The van der Waals surface area contributed by atoms with E-state index in [1.807, 2.05) is 0 Å². The molecule has 0 unspecified atom stereocenters. The molecule has 2 N–H and O–H groups in total. The van der Waals surface area contributed by atoms with Gasteiger partial charge in [0.1, 0.15) is 0 Å². The van der Waals surface area contributed by atoms with Gasteiger partial charge >= 0.3 is 157 Å². The Morgan fingerprint density at radius 2 is 1.85 bits per heavy atom. The molecule has 0 bridgehead atoms. The monoisotopic (exact) mass is 477 g/mol. The molecule has 0 aliphatic carbocycles. The molecule has 0 amide bonds. The maximum atomic E-state index is 12.1. The van der Waals surface area contributed by atoms with E-state index in [1.165, 1.54) is 0 Å². The van der Waals surface area contributed by atoms with Crippen LogP contribution in [0.25, 0.3) is 0 Å². The number of hydrogen-bond donors (Lipinski definition) is 2. The molecule has 1 aromatic heterocycles. The van der Waals surface area contributed by atoms with Gasteiger partial charge in [0.15, 0.2) is 0 Å². The number of aromatic nitrogens is 3. The fourth-order valence-electron chi connectivity index (χ4n) is 3.64. The normalized spacial score (nSPS) is 29.8. The van der Waals surface area contributed by atoms with Gasteiger partial charge in [-0.2, -0.15) is 0 Å². The zero-order valence-corrected chi connectivity index (χ0v) is 18.1. The van der Waals surface area contributed by atoms with Crippen molar-refractivity contribution in [3.05, 3.63) is 27.0 Å². The maximum absolute atomic E-state index is 12.1. The second kappa shape index (κ2) is 8.51. The van der Waals surface area contributed by atoms with Crippen molar-refractivity contribution in [2.45, 2.75) is 72.9 Å². The molecule has 2 fully saturated rings. The van der Waals surface area contributed by atoms with Crippen molar-refractivity contribution in [3.63, 3.8) is 0 Å². The molecule has 1 aromatic rings. The van der Waals surface area contributed by atoms with Crippen molar-refractivity contribution < 1.29 is 16.0 Å². The van der Waals surface area contributed by atoms with E-state index in [1.54, 1.807) is 0 Å². The van der Waals surface area contributed by atoms with Gasteiger partial charge in [-0.15, -0.1) is 0 Å². The quantitative estimate of drug-likeness (QED) is 0.530. The zero-order valence-electron chi connectivity index (χ0n) is 15.2. The van der Waals surface area contributed by atoms with Gasteiger partial charge < -0.3 is 0 Å². The molecular formula is C16H27N3O6Sn. The zero-order chi connectivity index (χ0) is 18.7. The Bertz CT molecular complexity index is 714. The van der Waals surface area contributed by atoms with Crippen LogP contribution in [0.2, 0.25) is 8.87 Å². The van der Waals surface area contributed by atoms with Crippen LogP contribution in [0, 0.1) is 0 Å². The number of rotatable bonds is 8. The van der Waals surface area contributed by atoms with E-state index in [0.29, 0.717) is 0 Å². The van der Waals surface area contributed by atoms with Crippen LogP contribution in [-0.2, 0) is 10.9 Å². The van der Waals surface area contributed by atoms with Gasteiger partial charge in [-0.05, 0) is 0 Å². The first-order valence-electron chi connectivity index (χ1n) is 9.33. The van der Waals surface area contributed by atoms with Crippen molar-refractivity contribution >= 4 is 19.2 Å². The first kappa shape index (κ1) is 20.0. The number of aliphatic hydroxyl groups excluding tert-OH is 1. The molecule has 0 saturated carbocycles. The van der Waals surface area contributed by atoms with Crippen molar-refractivity contribution in [1.82, 2.24) is 14.8 Å². The first-order chi connectivity index (χ1) is 12.5. The molecule has 9 nitrogen and oxygen atoms in total. The molecule has 2 aliphatic rings. The third-order valence-corrected chi connectivity index (χ3v) is 15.3. The molecule has 0 aromatic carbocycles. The summed E-state index contributed by atoms with van der Waals surface area (Å²) in [6, 6.07) is 0. The van der Waals surface area contributed by atoms with Gasteiger partial charge in [-0.1, -0.05) is 0 Å². The van der Waals surface area contributed by atoms with Crippen molar-refractivity contribution in [2.24, 2.45) is 0 Å². The standard InChI is InChI=1S/C8H9N3O6.2C4H9.Sn/c12-2-3-5(14)6(15)7(17-3)11-8(16)10-4(13)1-9-11;2*1-3-4-2;/h1,3,5-7,12H,2H2,(H,10,13,16);2*1,3-4H2,2H3;/q-2;;;+2/t3-,5+,6+,7-;;;/m0.../s1. The summed E-state index contributed by atoms with van der Waals surface area (Å²) in [5, 5.41) is 13.6. The van der Waals surface area contributed by atoms with Crippen molar-refractivity contribution in [2.75, 3.05) is 6.61 Å². The van der Waals surface area contributed by atoms with Gasteiger partial charge in [-0.3, -0.25) is 0 Å². The van der Waals surface area contributed by atoms with Gasteiger partial charge in [0.05, 0.1) is 0 Å². The number of unbranched alkanes of at least 4 members (excludes halogenated alkanes) is 2. The third kappa shape index (κ3) is 3.91. The number of aliphatic hydroxyl groups is 1. The SMILES string of the molecule is CCC[CH2][Sn]1([CH2]CCC)[O][C@@H]2[C@H]([O]1)[C@H](CO)O[C@@H]2n1ncc(=O)[nH]c1=O. The van der Waals surface area contributed by atoms with E-state index in [9.17, 15) is 14.7 Å². The number of aromatic amines is 1. The molecule has 2 saturated heterocycles. The van der Waals surface area contributed by atoms with E-state index in [4.69, 9.17) is 10.9 Å². The predicted molar refractivity (Wildman–Crippen MR) is 95.0 cm³/mol. The molecule has 2 aliphatic heterocycles. The third-order valence-electron chi connectivity index (χ3n) is 4.97. The summed E-state index contributed by atoms with van der Waals surface area (Å²) in [4.78, 5) is 25.6. The van der Waals surface area contributed by atoms with Crippen LogP contribution in [0.4, 0.5) is 0 Å². The van der Waals surface area contributed by atoms with Crippen LogP contribution in [0.1, 0.15) is 45.8 Å². The van der Waals surface area contributed by atoms with Crippen LogP contribution >= 0.6 is 0 Å². The number of fused-ring (bicyclic) bond motifs is 1. The number of H-pyrrole nitrogens is 1. The van der Waals surface area contributed by atoms with Gasteiger partial charge in [0.25, 0.3) is 0 Å². The van der Waals surface area contributed by atoms with Crippen LogP contribution in [0.15, 0.2) is 15.8 Å². The Balaban J connectivity index is 1.89. The van der Waals surface area contributed by atoms with Gasteiger partial charge in [0.2, 0.25) is 0 Å². The van der Waals surface area contributed by atoms with E-state index >= 15 is 0 Å². The number of nitrogens with zero attached hydrogens (tertiary/aromatic N) is 2. The summed E-state index contributed by atoms with van der Waals surface area (Å²) in [5.74, 6) is 0. The van der Waals surface area contributed by atoms with Crippen LogP contribution in [-0.4, -0.2) is 64.0 Å². The fourth-order valence-corrected chi connectivity index (χ4v) is 15.3. The van der Waals surface area contributed by atoms with Crippen LogP contribution in [0.5, 0.6) is 0 Å². The summed E-state index contributed by atoms with van der Waals surface area (Å²) in [6.45, 7) is 4.06. The Labute approximate surface area is 156 Å². The molecule has 0 radical (unpaired) electrons. The van der Waals surface area contributed by atoms with E-state index in [-0.39, 0.29) is 6.61 Å². The first-order valence-corrected chi connectivity index (χ1v) is 15.7. The number of nitrogens with one attached hydrogen (secondary N) is 1. The van der Waals surface area contributed by atoms with Gasteiger partial charge in [-0.25, -0.2) is 0 Å². The molecule has 146 valence electrons.